The molecule has 0 saturated carbocycles. The maximum atomic E-state index is 8.99. The summed E-state index contributed by atoms with van der Waals surface area (Å²) in [6.07, 6.45) is 0. The lowest BCUT2D eigenvalue weighted by atomic mass is 9.83. The lowest BCUT2D eigenvalue weighted by molar-refractivity contribution is 0.170. The molecule has 0 aliphatic carbocycles. The van der Waals surface area contributed by atoms with Gasteiger partial charge in [-0.25, -0.2) is 0 Å². The lowest BCUT2D eigenvalue weighted by Crippen LogP contribution is -2.35. The summed E-state index contributed by atoms with van der Waals surface area (Å²) in [5.41, 5.74) is 3.97. The number of aryl methyl sites for hydroxylation is 1. The van der Waals surface area contributed by atoms with Crippen LogP contribution in [0.2, 0.25) is 0 Å². The zero-order valence-corrected chi connectivity index (χ0v) is 11.8. The Morgan fingerprint density at radius 3 is 2.22 bits per heavy atom. The molecule has 0 amide bonds. The minimum Gasteiger partial charge on any atom is -0.395 e. The van der Waals surface area contributed by atoms with Crippen molar-refractivity contribution in [3.05, 3.63) is 34.9 Å². The van der Waals surface area contributed by atoms with E-state index in [-0.39, 0.29) is 24.7 Å². The van der Waals surface area contributed by atoms with Gasteiger partial charge in [0, 0.05) is 6.54 Å². The molecule has 0 radical (unpaired) electrons. The van der Waals surface area contributed by atoms with Crippen LogP contribution < -0.4 is 5.32 Å². The molecule has 0 heterocycles. The van der Waals surface area contributed by atoms with Gasteiger partial charge in [-0.1, -0.05) is 39.0 Å². The van der Waals surface area contributed by atoms with Crippen LogP contribution in [0.15, 0.2) is 18.2 Å². The number of nitrogens with one attached hydrogen (secondary N) is 1. The van der Waals surface area contributed by atoms with Crippen LogP contribution in [0.3, 0.4) is 0 Å². The van der Waals surface area contributed by atoms with Crippen LogP contribution in [0.5, 0.6) is 0 Å². The van der Waals surface area contributed by atoms with Crippen LogP contribution in [-0.2, 0) is 12.0 Å². The third-order valence-electron chi connectivity index (χ3n) is 3.13. The Hall–Kier alpha value is -0.900. The first kappa shape index (κ1) is 15.2. The van der Waals surface area contributed by atoms with Crippen molar-refractivity contribution in [2.75, 3.05) is 13.2 Å². The highest BCUT2D eigenvalue weighted by Crippen LogP contribution is 2.26. The van der Waals surface area contributed by atoms with Crippen molar-refractivity contribution in [3.63, 3.8) is 0 Å². The first-order valence-electron chi connectivity index (χ1n) is 6.43. The van der Waals surface area contributed by atoms with Crippen LogP contribution in [0.25, 0.3) is 0 Å². The highest BCUT2D eigenvalue weighted by atomic mass is 16.3. The Balaban J connectivity index is 2.73. The highest BCUT2D eigenvalue weighted by molar-refractivity contribution is 5.35. The predicted octanol–water partition coefficient (Wildman–Crippen LogP) is 1.74. The van der Waals surface area contributed by atoms with Crippen LogP contribution >= 0.6 is 0 Å². The summed E-state index contributed by atoms with van der Waals surface area (Å²) in [6, 6.07) is 6.19. The van der Waals surface area contributed by atoms with Gasteiger partial charge >= 0.3 is 0 Å². The number of aliphatic hydroxyl groups excluding tert-OH is 2. The number of hydrogen-bond donors (Lipinski definition) is 3. The van der Waals surface area contributed by atoms with E-state index in [9.17, 15) is 0 Å². The minimum absolute atomic E-state index is 0.0461. The Bertz CT molecular complexity index is 379. The molecule has 0 aliphatic heterocycles. The topological polar surface area (TPSA) is 52.5 Å². The number of aliphatic hydroxyl groups is 2. The molecule has 3 nitrogen and oxygen atoms in total. The third-order valence-corrected chi connectivity index (χ3v) is 3.13. The largest absolute Gasteiger partial charge is 0.395 e. The molecular weight excluding hydrogens is 226 g/mol. The molecule has 0 spiro atoms. The molecule has 1 rings (SSSR count). The molecule has 102 valence electrons. The second kappa shape index (κ2) is 6.32. The quantitative estimate of drug-likeness (QED) is 0.747. The smallest absolute Gasteiger partial charge is 0.0607 e. The van der Waals surface area contributed by atoms with Gasteiger partial charge in [0.15, 0.2) is 0 Å². The Morgan fingerprint density at radius 1 is 1.17 bits per heavy atom. The van der Waals surface area contributed by atoms with Gasteiger partial charge in [0.25, 0.3) is 0 Å². The molecule has 0 saturated heterocycles. The SMILES string of the molecule is Cc1cc(CNC(CO)CO)ccc1C(C)(C)C. The summed E-state index contributed by atoms with van der Waals surface area (Å²) in [5.74, 6) is 0. The minimum atomic E-state index is -0.243. The summed E-state index contributed by atoms with van der Waals surface area (Å²) < 4.78 is 0. The molecule has 0 aromatic heterocycles. The van der Waals surface area contributed by atoms with Crippen molar-refractivity contribution < 1.29 is 10.2 Å². The van der Waals surface area contributed by atoms with Crippen molar-refractivity contribution >= 4 is 0 Å². The van der Waals surface area contributed by atoms with Crippen LogP contribution in [-0.4, -0.2) is 29.5 Å². The van der Waals surface area contributed by atoms with Gasteiger partial charge in [-0.05, 0) is 29.0 Å². The van der Waals surface area contributed by atoms with Gasteiger partial charge in [0.2, 0.25) is 0 Å². The second-order valence-corrected chi connectivity index (χ2v) is 5.84. The van der Waals surface area contributed by atoms with Crippen molar-refractivity contribution in [1.82, 2.24) is 5.32 Å². The normalized spacial score (nSPS) is 12.2. The highest BCUT2D eigenvalue weighted by Gasteiger charge is 2.16. The first-order chi connectivity index (χ1) is 8.38. The third kappa shape index (κ3) is 4.09. The average Bonchev–Trinajstić information content (AvgIpc) is 2.28. The summed E-state index contributed by atoms with van der Waals surface area (Å²) >= 11 is 0. The van der Waals surface area contributed by atoms with E-state index in [4.69, 9.17) is 10.2 Å². The molecule has 3 N–H and O–H groups in total. The molecule has 18 heavy (non-hydrogen) atoms. The summed E-state index contributed by atoms with van der Waals surface area (Å²) in [5, 5.41) is 21.1. The van der Waals surface area contributed by atoms with Gasteiger partial charge in [-0.2, -0.15) is 0 Å². The number of hydrogen-bond acceptors (Lipinski definition) is 3. The van der Waals surface area contributed by atoms with Gasteiger partial charge in [0.1, 0.15) is 0 Å². The van der Waals surface area contributed by atoms with E-state index in [0.29, 0.717) is 6.54 Å². The van der Waals surface area contributed by atoms with E-state index in [0.717, 1.165) is 0 Å². The Labute approximate surface area is 110 Å². The molecule has 1 aromatic carbocycles. The lowest BCUT2D eigenvalue weighted by Gasteiger charge is -2.22. The van der Waals surface area contributed by atoms with E-state index < -0.39 is 0 Å². The van der Waals surface area contributed by atoms with E-state index in [2.05, 4.69) is 51.2 Å². The van der Waals surface area contributed by atoms with Crippen LogP contribution in [0.1, 0.15) is 37.5 Å². The van der Waals surface area contributed by atoms with Crippen molar-refractivity contribution in [2.45, 2.75) is 45.7 Å². The zero-order valence-electron chi connectivity index (χ0n) is 11.8. The van der Waals surface area contributed by atoms with E-state index in [1.807, 2.05) is 0 Å². The number of rotatable bonds is 5. The molecular formula is C15H25NO2. The fraction of sp³-hybridized carbons (Fsp3) is 0.600. The first-order valence-corrected chi connectivity index (χ1v) is 6.43. The standard InChI is InChI=1S/C15H25NO2/c1-11-7-12(8-16-13(9-17)10-18)5-6-14(11)15(2,3)4/h5-7,13,16-18H,8-10H2,1-4H3. The molecule has 0 bridgehead atoms. The monoisotopic (exact) mass is 251 g/mol. The predicted molar refractivity (Wildman–Crippen MR) is 74.7 cm³/mol. The molecule has 0 unspecified atom stereocenters. The van der Waals surface area contributed by atoms with Crippen molar-refractivity contribution in [1.29, 1.82) is 0 Å². The van der Waals surface area contributed by atoms with E-state index >= 15 is 0 Å². The second-order valence-electron chi connectivity index (χ2n) is 5.84. The maximum absolute atomic E-state index is 8.99. The number of benzene rings is 1. The van der Waals surface area contributed by atoms with Crippen molar-refractivity contribution in [2.24, 2.45) is 0 Å². The summed E-state index contributed by atoms with van der Waals surface area (Å²) in [6.45, 7) is 9.32. The van der Waals surface area contributed by atoms with Gasteiger partial charge in [-0.15, -0.1) is 0 Å². The average molecular weight is 251 g/mol. The van der Waals surface area contributed by atoms with E-state index in [1.165, 1.54) is 16.7 Å². The van der Waals surface area contributed by atoms with Crippen LogP contribution in [0, 0.1) is 6.92 Å². The molecule has 0 atom stereocenters. The molecule has 1 aromatic rings. The molecule has 3 heteroatoms. The Kier molecular flexibility index (Phi) is 5.32. The van der Waals surface area contributed by atoms with Gasteiger partial charge in [0.05, 0.1) is 19.3 Å². The fourth-order valence-electron chi connectivity index (χ4n) is 2.13. The molecule has 0 aliphatic rings. The molecule has 0 fully saturated rings. The van der Waals surface area contributed by atoms with Gasteiger partial charge < -0.3 is 15.5 Å². The van der Waals surface area contributed by atoms with Gasteiger partial charge in [-0.3, -0.25) is 0 Å². The van der Waals surface area contributed by atoms with Crippen LogP contribution in [0.4, 0.5) is 0 Å². The van der Waals surface area contributed by atoms with Crippen molar-refractivity contribution in [3.8, 4) is 0 Å². The Morgan fingerprint density at radius 2 is 1.78 bits per heavy atom. The summed E-state index contributed by atoms with van der Waals surface area (Å²) in [4.78, 5) is 0. The van der Waals surface area contributed by atoms with E-state index in [1.54, 1.807) is 0 Å². The fourth-order valence-corrected chi connectivity index (χ4v) is 2.13. The maximum Gasteiger partial charge on any atom is 0.0607 e. The zero-order chi connectivity index (χ0) is 13.8. The summed E-state index contributed by atoms with van der Waals surface area (Å²) in [7, 11) is 0.